The smallest absolute Gasteiger partial charge is 0.407 e. The number of anilines is 1. The van der Waals surface area contributed by atoms with E-state index >= 15 is 0 Å². The molecule has 1 unspecified atom stereocenters. The van der Waals surface area contributed by atoms with Crippen LogP contribution in [0.25, 0.3) is 11.1 Å². The fourth-order valence-electron chi connectivity index (χ4n) is 4.50. The van der Waals surface area contributed by atoms with Gasteiger partial charge in [0, 0.05) is 5.92 Å². The summed E-state index contributed by atoms with van der Waals surface area (Å²) in [4.78, 5) is 37.2. The van der Waals surface area contributed by atoms with Gasteiger partial charge in [0.2, 0.25) is 5.91 Å². The van der Waals surface area contributed by atoms with Crippen LogP contribution in [0.2, 0.25) is 0 Å². The molecule has 4 rings (SSSR count). The Morgan fingerprint density at radius 2 is 1.60 bits per heavy atom. The Hall–Kier alpha value is -4.13. The summed E-state index contributed by atoms with van der Waals surface area (Å²) in [5, 5.41) is 14.8. The van der Waals surface area contributed by atoms with E-state index in [1.807, 2.05) is 43.3 Å². The number of aromatic carboxylic acids is 1. The predicted octanol–water partition coefficient (Wildman–Crippen LogP) is 5.34. The first kappa shape index (κ1) is 24.0. The zero-order valence-electron chi connectivity index (χ0n) is 19.7. The molecule has 7 nitrogen and oxygen atoms in total. The van der Waals surface area contributed by atoms with E-state index in [4.69, 9.17) is 4.74 Å². The highest BCUT2D eigenvalue weighted by atomic mass is 16.5. The number of carbonyl (C=O) groups is 3. The molecule has 1 aliphatic carbocycles. The number of hydrogen-bond acceptors (Lipinski definition) is 4. The first-order chi connectivity index (χ1) is 16.9. The number of amides is 2. The number of alkyl carbamates (subject to hydrolysis) is 1. The van der Waals surface area contributed by atoms with Crippen LogP contribution in [0, 0.1) is 6.92 Å². The van der Waals surface area contributed by atoms with Crippen LogP contribution in [0.4, 0.5) is 10.5 Å². The molecule has 35 heavy (non-hydrogen) atoms. The third kappa shape index (κ3) is 5.19. The second kappa shape index (κ2) is 10.4. The van der Waals surface area contributed by atoms with Gasteiger partial charge in [-0.25, -0.2) is 9.59 Å². The van der Waals surface area contributed by atoms with Crippen molar-refractivity contribution >= 4 is 23.7 Å². The minimum atomic E-state index is -1.14. The maximum atomic E-state index is 12.9. The molecule has 0 saturated carbocycles. The Bertz CT molecular complexity index is 1220. The Labute approximate surface area is 204 Å². The minimum Gasteiger partial charge on any atom is -0.478 e. The number of ether oxygens (including phenoxy) is 1. The van der Waals surface area contributed by atoms with E-state index in [0.29, 0.717) is 12.8 Å². The second-order valence-corrected chi connectivity index (χ2v) is 8.65. The standard InChI is InChI=1S/C28H28N2O5/c1-3-8-25(26(31)29-24-14-13-17(2)15-22(24)27(32)33)30-28(34)35-16-23-20-11-6-4-9-18(20)19-10-5-7-12-21(19)23/h4-7,9-15,23,25H,3,8,16H2,1-2H3,(H,29,31)(H,30,34)(H,32,33). The molecule has 0 heterocycles. The van der Waals surface area contributed by atoms with Crippen molar-refractivity contribution in [2.75, 3.05) is 11.9 Å². The van der Waals surface area contributed by atoms with Crippen molar-refractivity contribution in [3.8, 4) is 11.1 Å². The molecule has 0 bridgehead atoms. The van der Waals surface area contributed by atoms with Crippen molar-refractivity contribution in [2.45, 2.75) is 38.6 Å². The van der Waals surface area contributed by atoms with Gasteiger partial charge in [-0.2, -0.15) is 0 Å². The first-order valence-electron chi connectivity index (χ1n) is 11.6. The number of hydrogen-bond donors (Lipinski definition) is 3. The number of aryl methyl sites for hydroxylation is 1. The van der Waals surface area contributed by atoms with Crippen LogP contribution in [0.15, 0.2) is 66.7 Å². The van der Waals surface area contributed by atoms with E-state index in [2.05, 4.69) is 22.8 Å². The molecule has 0 radical (unpaired) electrons. The summed E-state index contributed by atoms with van der Waals surface area (Å²) in [6.45, 7) is 3.81. The van der Waals surface area contributed by atoms with Gasteiger partial charge in [0.1, 0.15) is 12.6 Å². The van der Waals surface area contributed by atoms with Gasteiger partial charge < -0.3 is 20.5 Å². The highest BCUT2D eigenvalue weighted by molar-refractivity contribution is 6.03. The third-order valence-corrected chi connectivity index (χ3v) is 6.19. The Kier molecular flexibility index (Phi) is 7.15. The summed E-state index contributed by atoms with van der Waals surface area (Å²) >= 11 is 0. The van der Waals surface area contributed by atoms with Crippen molar-refractivity contribution in [3.63, 3.8) is 0 Å². The summed E-state index contributed by atoms with van der Waals surface area (Å²) < 4.78 is 5.57. The van der Waals surface area contributed by atoms with E-state index in [1.165, 1.54) is 6.07 Å². The highest BCUT2D eigenvalue weighted by Crippen LogP contribution is 2.44. The number of benzene rings is 3. The Balaban J connectivity index is 1.43. The van der Waals surface area contributed by atoms with Crippen molar-refractivity contribution in [1.29, 1.82) is 0 Å². The minimum absolute atomic E-state index is 0.00487. The lowest BCUT2D eigenvalue weighted by Crippen LogP contribution is -2.44. The molecule has 1 aliphatic rings. The lowest BCUT2D eigenvalue weighted by Gasteiger charge is -2.20. The Morgan fingerprint density at radius 3 is 2.20 bits per heavy atom. The molecule has 7 heteroatoms. The average Bonchev–Trinajstić information content (AvgIpc) is 3.17. The molecule has 0 aliphatic heterocycles. The number of fused-ring (bicyclic) bond motifs is 3. The molecule has 3 aromatic rings. The van der Waals surface area contributed by atoms with E-state index in [1.54, 1.807) is 19.1 Å². The van der Waals surface area contributed by atoms with Crippen molar-refractivity contribution in [3.05, 3.63) is 89.0 Å². The molecular weight excluding hydrogens is 444 g/mol. The van der Waals surface area contributed by atoms with Crippen LogP contribution in [-0.4, -0.2) is 35.7 Å². The van der Waals surface area contributed by atoms with Gasteiger partial charge >= 0.3 is 12.1 Å². The molecule has 1 atom stereocenters. The van der Waals surface area contributed by atoms with Crippen LogP contribution in [0.5, 0.6) is 0 Å². The molecular formula is C28H28N2O5. The predicted molar refractivity (Wildman–Crippen MR) is 134 cm³/mol. The molecule has 0 fully saturated rings. The highest BCUT2D eigenvalue weighted by Gasteiger charge is 2.30. The van der Waals surface area contributed by atoms with Gasteiger partial charge in [-0.15, -0.1) is 0 Å². The van der Waals surface area contributed by atoms with Crippen LogP contribution in [-0.2, 0) is 9.53 Å². The van der Waals surface area contributed by atoms with Gasteiger partial charge in [0.25, 0.3) is 0 Å². The van der Waals surface area contributed by atoms with Gasteiger partial charge in [-0.3, -0.25) is 4.79 Å². The summed E-state index contributed by atoms with van der Waals surface area (Å²) in [6.07, 6.45) is 0.328. The normalized spacial score (nSPS) is 12.9. The summed E-state index contributed by atoms with van der Waals surface area (Å²) in [7, 11) is 0. The zero-order chi connectivity index (χ0) is 24.9. The Morgan fingerprint density at radius 1 is 0.971 bits per heavy atom. The number of carboxylic acid groups (broad SMARTS) is 1. The number of nitrogens with one attached hydrogen (secondary N) is 2. The molecule has 3 N–H and O–H groups in total. The topological polar surface area (TPSA) is 105 Å². The molecule has 0 spiro atoms. The summed E-state index contributed by atoms with van der Waals surface area (Å²) in [5.74, 6) is -1.72. The summed E-state index contributed by atoms with van der Waals surface area (Å²) in [6, 6.07) is 20.0. The maximum Gasteiger partial charge on any atom is 0.407 e. The van der Waals surface area contributed by atoms with E-state index in [0.717, 1.165) is 27.8 Å². The van der Waals surface area contributed by atoms with Crippen LogP contribution in [0.3, 0.4) is 0 Å². The van der Waals surface area contributed by atoms with Gasteiger partial charge in [-0.05, 0) is 47.7 Å². The van der Waals surface area contributed by atoms with Gasteiger partial charge in [0.05, 0.1) is 11.3 Å². The monoisotopic (exact) mass is 472 g/mol. The third-order valence-electron chi connectivity index (χ3n) is 6.19. The van der Waals surface area contributed by atoms with Crippen LogP contribution >= 0.6 is 0 Å². The lowest BCUT2D eigenvalue weighted by atomic mass is 9.98. The van der Waals surface area contributed by atoms with Crippen molar-refractivity contribution in [1.82, 2.24) is 5.32 Å². The van der Waals surface area contributed by atoms with Gasteiger partial charge in [-0.1, -0.05) is 73.5 Å². The molecule has 2 amide bonds. The first-order valence-corrected chi connectivity index (χ1v) is 11.6. The second-order valence-electron chi connectivity index (χ2n) is 8.65. The van der Waals surface area contributed by atoms with Crippen LogP contribution in [0.1, 0.15) is 52.7 Å². The average molecular weight is 473 g/mol. The van der Waals surface area contributed by atoms with Crippen molar-refractivity contribution < 1.29 is 24.2 Å². The lowest BCUT2D eigenvalue weighted by molar-refractivity contribution is -0.118. The molecule has 0 aromatic heterocycles. The zero-order valence-corrected chi connectivity index (χ0v) is 19.7. The molecule has 180 valence electrons. The molecule has 0 saturated heterocycles. The number of carboxylic acids is 1. The number of rotatable bonds is 8. The van der Waals surface area contributed by atoms with E-state index in [9.17, 15) is 19.5 Å². The van der Waals surface area contributed by atoms with Gasteiger partial charge in [0.15, 0.2) is 0 Å². The summed E-state index contributed by atoms with van der Waals surface area (Å²) in [5.41, 5.74) is 5.41. The van der Waals surface area contributed by atoms with Crippen LogP contribution < -0.4 is 10.6 Å². The van der Waals surface area contributed by atoms with E-state index < -0.39 is 24.0 Å². The fraction of sp³-hybridized carbons (Fsp3) is 0.250. The van der Waals surface area contributed by atoms with E-state index in [-0.39, 0.29) is 23.8 Å². The number of carbonyl (C=O) groups excluding carboxylic acids is 2. The molecule has 3 aromatic carbocycles. The fourth-order valence-corrected chi connectivity index (χ4v) is 4.50. The quantitative estimate of drug-likeness (QED) is 0.411. The maximum absolute atomic E-state index is 12.9. The SMILES string of the molecule is CCCC(NC(=O)OCC1c2ccccc2-c2ccccc21)C(=O)Nc1ccc(C)cc1C(=O)O. The van der Waals surface area contributed by atoms with Crippen molar-refractivity contribution in [2.24, 2.45) is 0 Å². The largest absolute Gasteiger partial charge is 0.478 e.